The van der Waals surface area contributed by atoms with Crippen LogP contribution >= 0.6 is 0 Å². The lowest BCUT2D eigenvalue weighted by Gasteiger charge is -2.18. The van der Waals surface area contributed by atoms with Crippen LogP contribution in [0.4, 0.5) is 11.5 Å². The molecule has 0 spiro atoms. The SMILES string of the molecule is CCc1nn(C)c(NCC2CCCC2CO)c1[N+](=O)[O-]. The van der Waals surface area contributed by atoms with Gasteiger partial charge in [-0.05, 0) is 31.1 Å². The predicted molar refractivity (Wildman–Crippen MR) is 75.6 cm³/mol. The summed E-state index contributed by atoms with van der Waals surface area (Å²) in [5.74, 6) is 1.15. The van der Waals surface area contributed by atoms with Crippen LogP contribution in [0.25, 0.3) is 0 Å². The number of aliphatic hydroxyl groups excluding tert-OH is 1. The molecule has 2 atom stereocenters. The smallest absolute Gasteiger partial charge is 0.333 e. The Morgan fingerprint density at radius 3 is 2.80 bits per heavy atom. The molecule has 1 aromatic heterocycles. The maximum Gasteiger partial charge on any atom is 0.333 e. The maximum atomic E-state index is 11.2. The fourth-order valence-corrected chi connectivity index (χ4v) is 3.05. The van der Waals surface area contributed by atoms with Crippen molar-refractivity contribution in [2.24, 2.45) is 18.9 Å². The van der Waals surface area contributed by atoms with Crippen LogP contribution in [0.5, 0.6) is 0 Å². The van der Waals surface area contributed by atoms with Crippen molar-refractivity contribution in [3.05, 3.63) is 15.8 Å². The highest BCUT2D eigenvalue weighted by molar-refractivity contribution is 5.59. The molecule has 1 fully saturated rings. The van der Waals surface area contributed by atoms with Gasteiger partial charge in [-0.25, -0.2) is 4.68 Å². The Labute approximate surface area is 118 Å². The van der Waals surface area contributed by atoms with E-state index in [0.29, 0.717) is 36.3 Å². The van der Waals surface area contributed by atoms with Crippen LogP contribution in [-0.2, 0) is 13.5 Å². The van der Waals surface area contributed by atoms with Gasteiger partial charge in [0.15, 0.2) is 0 Å². The van der Waals surface area contributed by atoms with Crippen LogP contribution in [0.3, 0.4) is 0 Å². The molecular weight excluding hydrogens is 260 g/mol. The van der Waals surface area contributed by atoms with Gasteiger partial charge in [0.05, 0.1) is 4.92 Å². The van der Waals surface area contributed by atoms with Crippen LogP contribution in [0.15, 0.2) is 0 Å². The first-order chi connectivity index (χ1) is 9.58. The summed E-state index contributed by atoms with van der Waals surface area (Å²) in [4.78, 5) is 10.8. The van der Waals surface area contributed by atoms with Crippen molar-refractivity contribution in [2.75, 3.05) is 18.5 Å². The van der Waals surface area contributed by atoms with Gasteiger partial charge in [-0.2, -0.15) is 5.10 Å². The van der Waals surface area contributed by atoms with E-state index >= 15 is 0 Å². The average molecular weight is 282 g/mol. The Bertz CT molecular complexity index is 486. The van der Waals surface area contributed by atoms with E-state index in [4.69, 9.17) is 0 Å². The molecule has 1 saturated carbocycles. The highest BCUT2D eigenvalue weighted by Gasteiger charge is 2.29. The third kappa shape index (κ3) is 2.77. The van der Waals surface area contributed by atoms with Gasteiger partial charge in [0.1, 0.15) is 5.69 Å². The van der Waals surface area contributed by atoms with E-state index in [1.165, 1.54) is 0 Å². The van der Waals surface area contributed by atoms with E-state index in [2.05, 4.69) is 10.4 Å². The van der Waals surface area contributed by atoms with Crippen LogP contribution in [0.1, 0.15) is 31.9 Å². The molecular formula is C13H22N4O3. The van der Waals surface area contributed by atoms with Crippen LogP contribution in [-0.4, -0.2) is 33.0 Å². The van der Waals surface area contributed by atoms with Crippen LogP contribution in [0.2, 0.25) is 0 Å². The molecule has 0 bridgehead atoms. The summed E-state index contributed by atoms with van der Waals surface area (Å²) in [6, 6.07) is 0. The number of aliphatic hydroxyl groups is 1. The van der Waals surface area contributed by atoms with Crippen LogP contribution in [0, 0.1) is 22.0 Å². The second-order valence-electron chi connectivity index (χ2n) is 5.39. The van der Waals surface area contributed by atoms with E-state index in [1.54, 1.807) is 11.7 Å². The molecule has 112 valence electrons. The van der Waals surface area contributed by atoms with Crippen molar-refractivity contribution in [1.29, 1.82) is 0 Å². The summed E-state index contributed by atoms with van der Waals surface area (Å²) in [5, 5.41) is 27.9. The number of nitrogens with zero attached hydrogens (tertiary/aromatic N) is 3. The summed E-state index contributed by atoms with van der Waals surface area (Å²) in [6.07, 6.45) is 3.75. The van der Waals surface area contributed by atoms with Crippen molar-refractivity contribution in [2.45, 2.75) is 32.6 Å². The van der Waals surface area contributed by atoms with Gasteiger partial charge in [0.2, 0.25) is 5.82 Å². The molecule has 0 saturated heterocycles. The Kier molecular flexibility index (Phi) is 4.59. The quantitative estimate of drug-likeness (QED) is 0.612. The van der Waals surface area contributed by atoms with Gasteiger partial charge in [0, 0.05) is 20.2 Å². The first-order valence-corrected chi connectivity index (χ1v) is 7.13. The molecule has 0 aliphatic heterocycles. The molecule has 1 aliphatic rings. The maximum absolute atomic E-state index is 11.2. The number of nitrogens with one attached hydrogen (secondary N) is 1. The molecule has 1 aromatic rings. The van der Waals surface area contributed by atoms with Gasteiger partial charge in [-0.1, -0.05) is 13.3 Å². The van der Waals surface area contributed by atoms with Crippen molar-refractivity contribution < 1.29 is 10.0 Å². The summed E-state index contributed by atoms with van der Waals surface area (Å²) in [5.41, 5.74) is 0.582. The molecule has 20 heavy (non-hydrogen) atoms. The lowest BCUT2D eigenvalue weighted by Crippen LogP contribution is -2.22. The molecule has 1 aliphatic carbocycles. The molecule has 2 rings (SSSR count). The molecule has 0 aromatic carbocycles. The van der Waals surface area contributed by atoms with E-state index in [0.717, 1.165) is 19.3 Å². The Morgan fingerprint density at radius 1 is 1.50 bits per heavy atom. The molecule has 0 radical (unpaired) electrons. The number of nitro groups is 1. The highest BCUT2D eigenvalue weighted by Crippen LogP contribution is 2.33. The highest BCUT2D eigenvalue weighted by atomic mass is 16.6. The third-order valence-corrected chi connectivity index (χ3v) is 4.19. The third-order valence-electron chi connectivity index (χ3n) is 4.19. The Hall–Kier alpha value is -1.63. The van der Waals surface area contributed by atoms with E-state index < -0.39 is 0 Å². The summed E-state index contributed by atoms with van der Waals surface area (Å²) >= 11 is 0. The minimum Gasteiger partial charge on any atom is -0.396 e. The molecule has 2 unspecified atom stereocenters. The normalized spacial score (nSPS) is 22.1. The monoisotopic (exact) mass is 282 g/mol. The number of aromatic nitrogens is 2. The average Bonchev–Trinajstić information content (AvgIpc) is 2.99. The number of hydrogen-bond donors (Lipinski definition) is 2. The second-order valence-corrected chi connectivity index (χ2v) is 5.39. The predicted octanol–water partition coefficient (Wildman–Crippen LogP) is 1.71. The fraction of sp³-hybridized carbons (Fsp3) is 0.769. The zero-order valence-corrected chi connectivity index (χ0v) is 12.0. The lowest BCUT2D eigenvalue weighted by atomic mass is 9.97. The van der Waals surface area contributed by atoms with Crippen molar-refractivity contribution in [1.82, 2.24) is 9.78 Å². The number of anilines is 1. The minimum atomic E-state index is -0.369. The second kappa shape index (κ2) is 6.21. The van der Waals surface area contributed by atoms with Crippen molar-refractivity contribution in [3.8, 4) is 0 Å². The van der Waals surface area contributed by atoms with Crippen molar-refractivity contribution >= 4 is 11.5 Å². The molecule has 0 amide bonds. The molecule has 2 N–H and O–H groups in total. The minimum absolute atomic E-state index is 0.0774. The first-order valence-electron chi connectivity index (χ1n) is 7.13. The van der Waals surface area contributed by atoms with Gasteiger partial charge in [0.25, 0.3) is 0 Å². The number of aryl methyl sites for hydroxylation is 2. The first kappa shape index (κ1) is 14.8. The van der Waals surface area contributed by atoms with E-state index in [-0.39, 0.29) is 17.2 Å². The van der Waals surface area contributed by atoms with Crippen molar-refractivity contribution in [3.63, 3.8) is 0 Å². The van der Waals surface area contributed by atoms with Crippen LogP contribution < -0.4 is 5.32 Å². The molecule has 7 nitrogen and oxygen atoms in total. The van der Waals surface area contributed by atoms with Gasteiger partial charge in [-0.15, -0.1) is 0 Å². The Morgan fingerprint density at radius 2 is 2.20 bits per heavy atom. The molecule has 7 heteroatoms. The summed E-state index contributed by atoms with van der Waals surface area (Å²) in [6.45, 7) is 2.70. The fourth-order valence-electron chi connectivity index (χ4n) is 3.05. The topological polar surface area (TPSA) is 93.2 Å². The largest absolute Gasteiger partial charge is 0.396 e. The molecule has 1 heterocycles. The van der Waals surface area contributed by atoms with Gasteiger partial charge >= 0.3 is 5.69 Å². The van der Waals surface area contributed by atoms with Gasteiger partial charge < -0.3 is 10.4 Å². The van der Waals surface area contributed by atoms with E-state index in [9.17, 15) is 15.2 Å². The number of rotatable bonds is 6. The summed E-state index contributed by atoms with van der Waals surface area (Å²) < 4.78 is 1.54. The zero-order chi connectivity index (χ0) is 14.7. The van der Waals surface area contributed by atoms with E-state index in [1.807, 2.05) is 6.92 Å². The summed E-state index contributed by atoms with van der Waals surface area (Å²) in [7, 11) is 1.71. The van der Waals surface area contributed by atoms with Gasteiger partial charge in [-0.3, -0.25) is 10.1 Å². The standard InChI is InChI=1S/C13H22N4O3/c1-3-11-12(17(19)20)13(16(2)15-11)14-7-9-5-4-6-10(9)8-18/h9-10,14,18H,3-8H2,1-2H3. The zero-order valence-electron chi connectivity index (χ0n) is 12.0. The number of hydrogen-bond acceptors (Lipinski definition) is 5. The lowest BCUT2D eigenvalue weighted by molar-refractivity contribution is -0.384. The Balaban J connectivity index is 2.13.